The van der Waals surface area contributed by atoms with Crippen LogP contribution in [0.1, 0.15) is 49.4 Å². The van der Waals surface area contributed by atoms with Crippen LogP contribution in [0, 0.1) is 0 Å². The molecule has 114 valence electrons. The highest BCUT2D eigenvalue weighted by Crippen LogP contribution is 2.02. The summed E-state index contributed by atoms with van der Waals surface area (Å²) in [6.07, 6.45) is 5.16. The fourth-order valence-electron chi connectivity index (χ4n) is 1.51. The molecular formula is C14H24N2O3S. The maximum Gasteiger partial charge on any atom is 0.248 e. The van der Waals surface area contributed by atoms with Gasteiger partial charge >= 0.3 is 0 Å². The molecule has 0 fully saturated rings. The minimum Gasteiger partial charge on any atom is -0.366 e. The molecule has 20 heavy (non-hydrogen) atoms. The van der Waals surface area contributed by atoms with Gasteiger partial charge in [-0.1, -0.05) is 50.8 Å². The highest BCUT2D eigenvalue weighted by atomic mass is 32.2. The van der Waals surface area contributed by atoms with E-state index in [1.54, 1.807) is 24.3 Å². The van der Waals surface area contributed by atoms with Crippen molar-refractivity contribution in [3.05, 3.63) is 35.9 Å². The van der Waals surface area contributed by atoms with E-state index in [0.29, 0.717) is 12.0 Å². The van der Waals surface area contributed by atoms with Gasteiger partial charge in [-0.05, 0) is 18.6 Å². The maximum absolute atomic E-state index is 10.4. The third-order valence-electron chi connectivity index (χ3n) is 2.59. The van der Waals surface area contributed by atoms with Crippen LogP contribution >= 0.6 is 0 Å². The Morgan fingerprint density at radius 3 is 2.00 bits per heavy atom. The van der Waals surface area contributed by atoms with Crippen LogP contribution in [0.2, 0.25) is 0 Å². The Kier molecular flexibility index (Phi) is 9.67. The molecule has 0 saturated heterocycles. The summed E-state index contributed by atoms with van der Waals surface area (Å²) in [5.74, 6) is -0.243. The number of carbonyl (C=O) groups excluding carboxylic acids is 1. The molecule has 1 aromatic carbocycles. The number of carbonyl (C=O) groups is 1. The molecule has 0 aliphatic heterocycles. The van der Waals surface area contributed by atoms with Crippen molar-refractivity contribution in [3.8, 4) is 0 Å². The molecule has 4 N–H and O–H groups in total. The van der Waals surface area contributed by atoms with Crippen molar-refractivity contribution >= 4 is 15.9 Å². The molecule has 5 nitrogen and oxygen atoms in total. The number of primary amides is 1. The third-order valence-corrected chi connectivity index (χ3v) is 3.45. The second-order valence-corrected chi connectivity index (χ2v) is 6.25. The van der Waals surface area contributed by atoms with E-state index < -0.39 is 10.0 Å². The van der Waals surface area contributed by atoms with Crippen LogP contribution in [0.15, 0.2) is 30.3 Å². The number of hydrogen-bond acceptors (Lipinski definition) is 3. The maximum atomic E-state index is 10.4. The van der Waals surface area contributed by atoms with Crippen LogP contribution < -0.4 is 10.9 Å². The summed E-state index contributed by atoms with van der Waals surface area (Å²) in [6.45, 7) is 2.12. The molecule has 0 saturated carbocycles. The summed E-state index contributed by atoms with van der Waals surface area (Å²) >= 11 is 0. The highest BCUT2D eigenvalue weighted by molar-refractivity contribution is 7.89. The van der Waals surface area contributed by atoms with Gasteiger partial charge in [-0.15, -0.1) is 0 Å². The minimum absolute atomic E-state index is 0.136. The van der Waals surface area contributed by atoms with Crippen molar-refractivity contribution in [2.45, 2.75) is 39.0 Å². The first-order valence-corrected chi connectivity index (χ1v) is 8.43. The van der Waals surface area contributed by atoms with E-state index in [2.05, 4.69) is 6.92 Å². The predicted molar refractivity (Wildman–Crippen MR) is 81.7 cm³/mol. The van der Waals surface area contributed by atoms with Gasteiger partial charge in [0.15, 0.2) is 0 Å². The lowest BCUT2D eigenvalue weighted by Crippen LogP contribution is -2.16. The van der Waals surface area contributed by atoms with Gasteiger partial charge in [-0.3, -0.25) is 4.79 Å². The van der Waals surface area contributed by atoms with E-state index in [-0.39, 0.29) is 11.7 Å². The van der Waals surface area contributed by atoms with Crippen LogP contribution in [0.3, 0.4) is 0 Å². The quantitative estimate of drug-likeness (QED) is 0.753. The zero-order chi connectivity index (χ0) is 15.4. The number of amides is 1. The zero-order valence-corrected chi connectivity index (χ0v) is 12.7. The average Bonchev–Trinajstić information content (AvgIpc) is 2.39. The Morgan fingerprint density at radius 1 is 1.05 bits per heavy atom. The first-order valence-electron chi connectivity index (χ1n) is 6.72. The first kappa shape index (κ1) is 18.6. The molecule has 1 rings (SSSR count). The number of rotatable bonds is 7. The molecule has 1 amide bonds. The summed E-state index contributed by atoms with van der Waals surface area (Å²) in [6, 6.07) is 8.76. The summed E-state index contributed by atoms with van der Waals surface area (Å²) in [5, 5.41) is 4.82. The largest absolute Gasteiger partial charge is 0.366 e. The van der Waals surface area contributed by atoms with Crippen molar-refractivity contribution in [3.63, 3.8) is 0 Å². The first-order chi connectivity index (χ1) is 9.37. The number of unbranched alkanes of at least 4 members (excludes halogenated alkanes) is 4. The lowest BCUT2D eigenvalue weighted by molar-refractivity contribution is 0.100. The predicted octanol–water partition coefficient (Wildman–Crippen LogP) is 2.03. The molecule has 0 unspecified atom stereocenters. The second-order valence-electron chi connectivity index (χ2n) is 4.51. The molecule has 0 aromatic heterocycles. The number of hydrogen-bond donors (Lipinski definition) is 2. The van der Waals surface area contributed by atoms with E-state index in [4.69, 9.17) is 10.9 Å². The van der Waals surface area contributed by atoms with E-state index in [1.165, 1.54) is 12.8 Å². The zero-order valence-electron chi connectivity index (χ0n) is 11.9. The van der Waals surface area contributed by atoms with Gasteiger partial charge in [0, 0.05) is 5.56 Å². The van der Waals surface area contributed by atoms with E-state index >= 15 is 0 Å². The lowest BCUT2D eigenvalue weighted by atomic mass is 10.2. The summed E-state index contributed by atoms with van der Waals surface area (Å²) < 4.78 is 20.9. The summed E-state index contributed by atoms with van der Waals surface area (Å²) in [7, 11) is -3.21. The molecule has 0 heterocycles. The van der Waals surface area contributed by atoms with Crippen molar-refractivity contribution in [1.29, 1.82) is 0 Å². The Bertz CT molecular complexity index is 472. The molecular weight excluding hydrogens is 276 g/mol. The number of benzene rings is 1. The third kappa shape index (κ3) is 11.7. The Hall–Kier alpha value is -1.40. The molecule has 1 aromatic rings. The fourth-order valence-corrected chi connectivity index (χ4v) is 2.12. The van der Waals surface area contributed by atoms with Gasteiger partial charge in [0.1, 0.15) is 0 Å². The average molecular weight is 300 g/mol. The molecule has 6 heteroatoms. The smallest absolute Gasteiger partial charge is 0.248 e. The van der Waals surface area contributed by atoms with Crippen LogP contribution in [0.25, 0.3) is 0 Å². The second kappa shape index (κ2) is 10.4. The van der Waals surface area contributed by atoms with Gasteiger partial charge in [-0.25, -0.2) is 13.6 Å². The van der Waals surface area contributed by atoms with Gasteiger partial charge in [0.25, 0.3) is 0 Å². The number of primary sulfonamides is 1. The molecule has 0 aliphatic rings. The van der Waals surface area contributed by atoms with Crippen LogP contribution in [0.5, 0.6) is 0 Å². The van der Waals surface area contributed by atoms with Gasteiger partial charge in [0.2, 0.25) is 15.9 Å². The van der Waals surface area contributed by atoms with Crippen molar-refractivity contribution in [1.82, 2.24) is 0 Å². The normalized spacial score (nSPS) is 10.5. The van der Waals surface area contributed by atoms with Crippen molar-refractivity contribution < 1.29 is 13.2 Å². The summed E-state index contributed by atoms with van der Waals surface area (Å²) in [5.41, 5.74) is 5.53. The van der Waals surface area contributed by atoms with Gasteiger partial charge < -0.3 is 5.73 Å². The summed E-state index contributed by atoms with van der Waals surface area (Å²) in [4.78, 5) is 10.4. The molecule has 0 aliphatic carbocycles. The van der Waals surface area contributed by atoms with E-state index in [0.717, 1.165) is 12.8 Å². The monoisotopic (exact) mass is 300 g/mol. The van der Waals surface area contributed by atoms with Gasteiger partial charge in [-0.2, -0.15) is 0 Å². The highest BCUT2D eigenvalue weighted by Gasteiger charge is 2.00. The Labute approximate surface area is 121 Å². The Morgan fingerprint density at radius 2 is 1.60 bits per heavy atom. The topological polar surface area (TPSA) is 103 Å². The molecule has 0 atom stereocenters. The van der Waals surface area contributed by atoms with Crippen LogP contribution in [0.4, 0.5) is 0 Å². The SMILES string of the molecule is CCCCCCCS(N)(=O)=O.NC(=O)c1ccccc1. The fraction of sp³-hybridized carbons (Fsp3) is 0.500. The number of nitrogens with two attached hydrogens (primary N) is 2. The standard InChI is InChI=1S/C7H17NO2S.C7H7NO/c1-2-3-4-5-6-7-11(8,9)10;8-7(9)6-4-2-1-3-5-6/h2-7H2,1H3,(H2,8,9,10);1-5H,(H2,8,9). The van der Waals surface area contributed by atoms with Crippen LogP contribution in [-0.4, -0.2) is 20.1 Å². The van der Waals surface area contributed by atoms with E-state index in [9.17, 15) is 13.2 Å². The molecule has 0 bridgehead atoms. The van der Waals surface area contributed by atoms with E-state index in [1.807, 2.05) is 6.07 Å². The lowest BCUT2D eigenvalue weighted by Gasteiger charge is -1.97. The molecule has 0 radical (unpaired) electrons. The Balaban J connectivity index is 0.000000367. The van der Waals surface area contributed by atoms with Crippen LogP contribution in [-0.2, 0) is 10.0 Å². The van der Waals surface area contributed by atoms with Crippen molar-refractivity contribution in [2.24, 2.45) is 10.9 Å². The minimum atomic E-state index is -3.21. The van der Waals surface area contributed by atoms with Crippen molar-refractivity contribution in [2.75, 3.05) is 5.75 Å². The molecule has 0 spiro atoms. The number of sulfonamides is 1. The van der Waals surface area contributed by atoms with Gasteiger partial charge in [0.05, 0.1) is 5.75 Å².